The molecule has 0 aliphatic heterocycles. The van der Waals surface area contributed by atoms with Gasteiger partial charge in [-0.2, -0.15) is 0 Å². The molecule has 0 aliphatic carbocycles. The molecule has 0 aromatic carbocycles. The molecule has 0 spiro atoms. The fraction of sp³-hybridized carbons (Fsp3) is 0.556. The van der Waals surface area contributed by atoms with Crippen LogP contribution < -0.4 is 4.90 Å². The average Bonchev–Trinajstić information content (AvgIpc) is 2.17. The first-order valence-corrected chi connectivity index (χ1v) is 4.29. The Bertz CT molecular complexity index is 258. The monoisotopic (exact) mass is 181 g/mol. The highest BCUT2D eigenvalue weighted by Crippen LogP contribution is 2.07. The third kappa shape index (κ3) is 2.39. The number of aromatic nitrogens is 2. The maximum atomic E-state index is 8.78. The zero-order valence-electron chi connectivity index (χ0n) is 8.23. The summed E-state index contributed by atoms with van der Waals surface area (Å²) in [6.07, 6.45) is 3.28. The minimum atomic E-state index is -0.00826. The van der Waals surface area contributed by atoms with Crippen LogP contribution in [-0.4, -0.2) is 28.2 Å². The minimum absolute atomic E-state index is 0.00826. The summed E-state index contributed by atoms with van der Waals surface area (Å²) >= 11 is 0. The molecule has 1 N–H and O–H groups in total. The number of hydrogen-bond donors (Lipinski definition) is 1. The molecular weight excluding hydrogens is 166 g/mol. The molecule has 0 saturated carbocycles. The van der Waals surface area contributed by atoms with E-state index in [-0.39, 0.29) is 6.61 Å². The SMILES string of the molecule is CC(C)N(C)c1ncc(CO)cn1. The Labute approximate surface area is 78.2 Å². The summed E-state index contributed by atoms with van der Waals surface area (Å²) in [5, 5.41) is 8.78. The number of hydrogen-bond acceptors (Lipinski definition) is 4. The standard InChI is InChI=1S/C9H15N3O/c1-7(2)12(3)9-10-4-8(6-13)5-11-9/h4-5,7,13H,6H2,1-3H3. The molecule has 13 heavy (non-hydrogen) atoms. The predicted molar refractivity (Wildman–Crippen MR) is 51.5 cm³/mol. The first kappa shape index (κ1) is 9.92. The van der Waals surface area contributed by atoms with Crippen LogP contribution in [0.3, 0.4) is 0 Å². The Balaban J connectivity index is 2.79. The van der Waals surface area contributed by atoms with E-state index in [2.05, 4.69) is 23.8 Å². The van der Waals surface area contributed by atoms with Crippen LogP contribution in [0.1, 0.15) is 19.4 Å². The van der Waals surface area contributed by atoms with Crippen molar-refractivity contribution in [2.75, 3.05) is 11.9 Å². The van der Waals surface area contributed by atoms with Gasteiger partial charge < -0.3 is 10.0 Å². The first-order valence-electron chi connectivity index (χ1n) is 4.29. The van der Waals surface area contributed by atoms with Gasteiger partial charge >= 0.3 is 0 Å². The molecule has 0 bridgehead atoms. The van der Waals surface area contributed by atoms with Crippen LogP contribution >= 0.6 is 0 Å². The van der Waals surface area contributed by atoms with Gasteiger partial charge in [0.05, 0.1) is 6.61 Å². The van der Waals surface area contributed by atoms with E-state index >= 15 is 0 Å². The van der Waals surface area contributed by atoms with Crippen LogP contribution in [0.15, 0.2) is 12.4 Å². The second-order valence-corrected chi connectivity index (χ2v) is 3.25. The van der Waals surface area contributed by atoms with Gasteiger partial charge in [-0.1, -0.05) is 0 Å². The third-order valence-corrected chi connectivity index (χ3v) is 1.96. The summed E-state index contributed by atoms with van der Waals surface area (Å²) in [6, 6.07) is 0.375. The van der Waals surface area contributed by atoms with E-state index in [9.17, 15) is 0 Å². The van der Waals surface area contributed by atoms with Crippen molar-refractivity contribution < 1.29 is 5.11 Å². The zero-order chi connectivity index (χ0) is 9.84. The lowest BCUT2D eigenvalue weighted by molar-refractivity contribution is 0.281. The Morgan fingerprint density at radius 3 is 2.31 bits per heavy atom. The molecule has 0 radical (unpaired) electrons. The second-order valence-electron chi connectivity index (χ2n) is 3.25. The van der Waals surface area contributed by atoms with Crippen LogP contribution in [0.5, 0.6) is 0 Å². The average molecular weight is 181 g/mol. The molecule has 4 nitrogen and oxygen atoms in total. The molecule has 1 aromatic heterocycles. The molecular formula is C9H15N3O. The van der Waals surface area contributed by atoms with Crippen molar-refractivity contribution in [3.63, 3.8) is 0 Å². The summed E-state index contributed by atoms with van der Waals surface area (Å²) < 4.78 is 0. The van der Waals surface area contributed by atoms with Gasteiger partial charge in [0.2, 0.25) is 5.95 Å². The number of aliphatic hydroxyl groups is 1. The Kier molecular flexibility index (Phi) is 3.19. The van der Waals surface area contributed by atoms with Crippen LogP contribution in [0.4, 0.5) is 5.95 Å². The smallest absolute Gasteiger partial charge is 0.225 e. The molecule has 0 amide bonds. The molecule has 4 heteroatoms. The van der Waals surface area contributed by atoms with Gasteiger partial charge in [0, 0.05) is 31.0 Å². The van der Waals surface area contributed by atoms with E-state index in [0.717, 1.165) is 5.56 Å². The third-order valence-electron chi connectivity index (χ3n) is 1.96. The Hall–Kier alpha value is -1.16. The van der Waals surface area contributed by atoms with E-state index in [1.54, 1.807) is 12.4 Å². The fourth-order valence-corrected chi connectivity index (χ4v) is 0.843. The van der Waals surface area contributed by atoms with Crippen LogP contribution in [0.2, 0.25) is 0 Å². The van der Waals surface area contributed by atoms with Gasteiger partial charge in [-0.15, -0.1) is 0 Å². The lowest BCUT2D eigenvalue weighted by Crippen LogP contribution is -2.27. The Morgan fingerprint density at radius 2 is 1.92 bits per heavy atom. The van der Waals surface area contributed by atoms with E-state index < -0.39 is 0 Å². The highest BCUT2D eigenvalue weighted by Gasteiger charge is 2.06. The molecule has 1 aromatic rings. The topological polar surface area (TPSA) is 49.2 Å². The maximum Gasteiger partial charge on any atom is 0.225 e. The van der Waals surface area contributed by atoms with Crippen molar-refractivity contribution in [1.82, 2.24) is 9.97 Å². The van der Waals surface area contributed by atoms with E-state index in [1.807, 2.05) is 11.9 Å². The highest BCUT2D eigenvalue weighted by atomic mass is 16.3. The molecule has 0 atom stereocenters. The number of nitrogens with zero attached hydrogens (tertiary/aromatic N) is 3. The maximum absolute atomic E-state index is 8.78. The normalized spacial score (nSPS) is 10.5. The van der Waals surface area contributed by atoms with E-state index in [1.165, 1.54) is 0 Å². The molecule has 1 rings (SSSR count). The van der Waals surface area contributed by atoms with Gasteiger partial charge in [-0.25, -0.2) is 9.97 Å². The number of anilines is 1. The quantitative estimate of drug-likeness (QED) is 0.749. The summed E-state index contributed by atoms with van der Waals surface area (Å²) in [6.45, 7) is 4.14. The summed E-state index contributed by atoms with van der Waals surface area (Å²) in [4.78, 5) is 10.2. The van der Waals surface area contributed by atoms with E-state index in [4.69, 9.17) is 5.11 Å². The summed E-state index contributed by atoms with van der Waals surface area (Å²) in [7, 11) is 1.94. The molecule has 0 aliphatic rings. The van der Waals surface area contributed by atoms with Crippen molar-refractivity contribution >= 4 is 5.95 Å². The van der Waals surface area contributed by atoms with Gasteiger partial charge in [0.25, 0.3) is 0 Å². The van der Waals surface area contributed by atoms with Crippen LogP contribution in [0.25, 0.3) is 0 Å². The predicted octanol–water partition coefficient (Wildman–Crippen LogP) is 0.813. The Morgan fingerprint density at radius 1 is 1.38 bits per heavy atom. The van der Waals surface area contributed by atoms with Gasteiger partial charge in [-0.05, 0) is 13.8 Å². The molecule has 0 saturated heterocycles. The molecule has 0 unspecified atom stereocenters. The molecule has 72 valence electrons. The summed E-state index contributed by atoms with van der Waals surface area (Å²) in [5.41, 5.74) is 0.737. The van der Waals surface area contributed by atoms with Crippen molar-refractivity contribution in [1.29, 1.82) is 0 Å². The largest absolute Gasteiger partial charge is 0.392 e. The fourth-order valence-electron chi connectivity index (χ4n) is 0.843. The van der Waals surface area contributed by atoms with E-state index in [0.29, 0.717) is 12.0 Å². The highest BCUT2D eigenvalue weighted by molar-refractivity contribution is 5.29. The summed E-state index contributed by atoms with van der Waals surface area (Å²) in [5.74, 6) is 0.687. The first-order chi connectivity index (χ1) is 6.15. The van der Waals surface area contributed by atoms with Crippen molar-refractivity contribution in [2.45, 2.75) is 26.5 Å². The van der Waals surface area contributed by atoms with Gasteiger partial charge in [0.1, 0.15) is 0 Å². The molecule has 0 fully saturated rings. The lowest BCUT2D eigenvalue weighted by Gasteiger charge is -2.20. The van der Waals surface area contributed by atoms with Crippen LogP contribution in [-0.2, 0) is 6.61 Å². The van der Waals surface area contributed by atoms with Gasteiger partial charge in [0.15, 0.2) is 0 Å². The number of aliphatic hydroxyl groups excluding tert-OH is 1. The second kappa shape index (κ2) is 4.18. The minimum Gasteiger partial charge on any atom is -0.392 e. The lowest BCUT2D eigenvalue weighted by atomic mass is 10.3. The molecule has 1 heterocycles. The number of rotatable bonds is 3. The van der Waals surface area contributed by atoms with Crippen molar-refractivity contribution in [3.05, 3.63) is 18.0 Å². The van der Waals surface area contributed by atoms with Crippen LogP contribution in [0, 0.1) is 0 Å². The van der Waals surface area contributed by atoms with Gasteiger partial charge in [-0.3, -0.25) is 0 Å². The zero-order valence-corrected chi connectivity index (χ0v) is 8.23. The van der Waals surface area contributed by atoms with Crippen molar-refractivity contribution in [3.8, 4) is 0 Å². The van der Waals surface area contributed by atoms with Crippen molar-refractivity contribution in [2.24, 2.45) is 0 Å².